The average molecular weight is 250 g/mol. The lowest BCUT2D eigenvalue weighted by Crippen LogP contribution is -2.22. The Kier molecular flexibility index (Phi) is 5.32. The van der Waals surface area contributed by atoms with Crippen LogP contribution >= 0.6 is 0 Å². The fraction of sp³-hybridized carbons (Fsp3) is 0.385. The third kappa shape index (κ3) is 4.97. The normalized spacial score (nSPS) is 15.5. The van der Waals surface area contributed by atoms with Crippen LogP contribution in [0.25, 0.3) is 0 Å². The van der Waals surface area contributed by atoms with Crippen LogP contribution in [0.2, 0.25) is 0 Å². The third-order valence-corrected chi connectivity index (χ3v) is 2.45. The van der Waals surface area contributed by atoms with Crippen molar-refractivity contribution in [1.29, 1.82) is 0 Å². The number of hydrogen-bond acceptors (Lipinski definition) is 3. The van der Waals surface area contributed by atoms with Gasteiger partial charge in [-0.1, -0.05) is 12.2 Å². The van der Waals surface area contributed by atoms with Crippen LogP contribution in [0, 0.1) is 0 Å². The van der Waals surface area contributed by atoms with E-state index in [1.54, 1.807) is 12.2 Å². The lowest BCUT2D eigenvalue weighted by molar-refractivity contribution is -0.132. The molecule has 0 aromatic carbocycles. The second-order valence-electron chi connectivity index (χ2n) is 4.34. The Hall–Kier alpha value is -1.88. The van der Waals surface area contributed by atoms with Crippen molar-refractivity contribution in [2.75, 3.05) is 20.6 Å². The maximum atomic E-state index is 11.5. The van der Waals surface area contributed by atoms with Gasteiger partial charge in [0.2, 0.25) is 5.91 Å². The van der Waals surface area contributed by atoms with Crippen LogP contribution in [0.4, 0.5) is 0 Å². The molecule has 0 fully saturated rings. The molecule has 0 aromatic heterocycles. The van der Waals surface area contributed by atoms with E-state index in [-0.39, 0.29) is 5.91 Å². The summed E-state index contributed by atoms with van der Waals surface area (Å²) in [5, 5.41) is 11.5. The van der Waals surface area contributed by atoms with Gasteiger partial charge in [-0.3, -0.25) is 4.79 Å². The van der Waals surface area contributed by atoms with Crippen molar-refractivity contribution >= 4 is 11.9 Å². The first-order chi connectivity index (χ1) is 8.49. The maximum Gasteiger partial charge on any atom is 0.331 e. The molecule has 0 aromatic rings. The van der Waals surface area contributed by atoms with Gasteiger partial charge in [-0.2, -0.15) is 0 Å². The molecule has 5 heteroatoms. The van der Waals surface area contributed by atoms with Crippen LogP contribution in [0.5, 0.6) is 0 Å². The lowest BCUT2D eigenvalue weighted by Gasteiger charge is -2.12. The van der Waals surface area contributed by atoms with E-state index < -0.39 is 5.97 Å². The summed E-state index contributed by atoms with van der Waals surface area (Å²) in [6.45, 7) is 0.704. The van der Waals surface area contributed by atoms with Gasteiger partial charge in [0.05, 0.1) is 0 Å². The first kappa shape index (κ1) is 14.2. The van der Waals surface area contributed by atoms with E-state index in [1.165, 1.54) is 12.2 Å². The highest BCUT2D eigenvalue weighted by Crippen LogP contribution is 2.16. The average Bonchev–Trinajstić information content (AvgIpc) is 2.29. The lowest BCUT2D eigenvalue weighted by atomic mass is 10.0. The Morgan fingerprint density at radius 1 is 1.39 bits per heavy atom. The van der Waals surface area contributed by atoms with E-state index in [1.807, 2.05) is 19.0 Å². The molecule has 0 saturated heterocycles. The largest absolute Gasteiger partial charge is 0.478 e. The van der Waals surface area contributed by atoms with Crippen LogP contribution in [-0.4, -0.2) is 42.5 Å². The number of allylic oxidation sites excluding steroid dienone is 3. The Morgan fingerprint density at radius 2 is 2.11 bits per heavy atom. The van der Waals surface area contributed by atoms with Gasteiger partial charge in [-0.15, -0.1) is 0 Å². The molecule has 18 heavy (non-hydrogen) atoms. The molecule has 0 spiro atoms. The Labute approximate surface area is 106 Å². The van der Waals surface area contributed by atoms with E-state index >= 15 is 0 Å². The zero-order valence-corrected chi connectivity index (χ0v) is 10.6. The molecule has 1 aliphatic rings. The highest BCUT2D eigenvalue weighted by molar-refractivity contribution is 5.90. The number of aliphatic carboxylic acids is 1. The molecule has 0 aliphatic heterocycles. The molecule has 0 heterocycles. The Balaban J connectivity index is 2.47. The molecular weight excluding hydrogens is 232 g/mol. The van der Waals surface area contributed by atoms with Crippen LogP contribution in [0.3, 0.4) is 0 Å². The van der Waals surface area contributed by atoms with Crippen molar-refractivity contribution in [3.8, 4) is 0 Å². The summed E-state index contributed by atoms with van der Waals surface area (Å²) >= 11 is 0. The van der Waals surface area contributed by atoms with E-state index in [4.69, 9.17) is 5.11 Å². The molecule has 0 atom stereocenters. The number of carboxylic acids is 1. The van der Waals surface area contributed by atoms with Crippen molar-refractivity contribution in [1.82, 2.24) is 10.2 Å². The molecule has 0 saturated carbocycles. The van der Waals surface area contributed by atoms with E-state index in [2.05, 4.69) is 5.32 Å². The van der Waals surface area contributed by atoms with Gasteiger partial charge >= 0.3 is 5.97 Å². The van der Waals surface area contributed by atoms with Crippen LogP contribution < -0.4 is 5.32 Å². The summed E-state index contributed by atoms with van der Waals surface area (Å²) in [6.07, 6.45) is 7.43. The number of amides is 1. The fourth-order valence-electron chi connectivity index (χ4n) is 1.49. The molecule has 1 amide bonds. The zero-order chi connectivity index (χ0) is 13.5. The molecule has 0 unspecified atom stereocenters. The molecule has 0 radical (unpaired) electrons. The predicted molar refractivity (Wildman–Crippen MR) is 68.9 cm³/mol. The second kappa shape index (κ2) is 6.76. The van der Waals surface area contributed by atoms with Crippen molar-refractivity contribution in [3.05, 3.63) is 35.6 Å². The number of carboxylic acid groups (broad SMARTS) is 1. The standard InChI is InChI=1S/C13H18N2O3/c1-15(2)9-3-4-12(16)14-11-7-5-10(6-8-11)13(17)18/h3-5,7H,6,8-9H2,1-2H3,(H,14,16)(H,17,18). The summed E-state index contributed by atoms with van der Waals surface area (Å²) in [6, 6.07) is 0. The highest BCUT2D eigenvalue weighted by Gasteiger charge is 2.12. The first-order valence-electron chi connectivity index (χ1n) is 5.74. The molecule has 1 rings (SSSR count). The summed E-state index contributed by atoms with van der Waals surface area (Å²) in [7, 11) is 3.84. The molecular formula is C13H18N2O3. The Morgan fingerprint density at radius 3 is 2.61 bits per heavy atom. The topological polar surface area (TPSA) is 69.6 Å². The first-order valence-corrected chi connectivity index (χ1v) is 5.74. The zero-order valence-electron chi connectivity index (χ0n) is 10.6. The summed E-state index contributed by atoms with van der Waals surface area (Å²) in [5.41, 5.74) is 1.12. The SMILES string of the molecule is CN(C)CC=CC(=O)NC1=CC=C(C(=O)O)CC1. The van der Waals surface area contributed by atoms with Gasteiger partial charge in [0.25, 0.3) is 0 Å². The van der Waals surface area contributed by atoms with Crippen molar-refractivity contribution in [2.45, 2.75) is 12.8 Å². The number of nitrogens with zero attached hydrogens (tertiary/aromatic N) is 1. The van der Waals surface area contributed by atoms with Crippen LogP contribution in [-0.2, 0) is 9.59 Å². The van der Waals surface area contributed by atoms with Gasteiger partial charge in [-0.25, -0.2) is 4.79 Å². The van der Waals surface area contributed by atoms with E-state index in [9.17, 15) is 9.59 Å². The number of hydrogen-bond donors (Lipinski definition) is 2. The number of nitrogens with one attached hydrogen (secondary N) is 1. The summed E-state index contributed by atoms with van der Waals surface area (Å²) in [5.74, 6) is -1.09. The van der Waals surface area contributed by atoms with Gasteiger partial charge in [0.15, 0.2) is 0 Å². The quantitative estimate of drug-likeness (QED) is 0.712. The third-order valence-electron chi connectivity index (χ3n) is 2.45. The van der Waals surface area contributed by atoms with Gasteiger partial charge in [0, 0.05) is 23.9 Å². The van der Waals surface area contributed by atoms with Gasteiger partial charge in [0.1, 0.15) is 0 Å². The minimum atomic E-state index is -0.900. The van der Waals surface area contributed by atoms with E-state index in [0.717, 1.165) is 5.70 Å². The van der Waals surface area contributed by atoms with Crippen LogP contribution in [0.15, 0.2) is 35.6 Å². The minimum absolute atomic E-state index is 0.185. The van der Waals surface area contributed by atoms with Crippen molar-refractivity contribution < 1.29 is 14.7 Å². The molecule has 98 valence electrons. The van der Waals surface area contributed by atoms with Gasteiger partial charge in [-0.05, 0) is 33.0 Å². The molecule has 0 bridgehead atoms. The number of carbonyl (C=O) groups is 2. The minimum Gasteiger partial charge on any atom is -0.478 e. The second-order valence-corrected chi connectivity index (χ2v) is 4.34. The molecule has 1 aliphatic carbocycles. The van der Waals surface area contributed by atoms with Gasteiger partial charge < -0.3 is 15.3 Å². The Bertz CT molecular complexity index is 420. The van der Waals surface area contributed by atoms with Crippen molar-refractivity contribution in [3.63, 3.8) is 0 Å². The van der Waals surface area contributed by atoms with Crippen LogP contribution in [0.1, 0.15) is 12.8 Å². The van der Waals surface area contributed by atoms with E-state index in [0.29, 0.717) is 25.0 Å². The smallest absolute Gasteiger partial charge is 0.331 e. The monoisotopic (exact) mass is 250 g/mol. The fourth-order valence-corrected chi connectivity index (χ4v) is 1.49. The van der Waals surface area contributed by atoms with Crippen molar-refractivity contribution in [2.24, 2.45) is 0 Å². The summed E-state index contributed by atoms with van der Waals surface area (Å²) in [4.78, 5) is 24.2. The highest BCUT2D eigenvalue weighted by atomic mass is 16.4. The predicted octanol–water partition coefficient (Wildman–Crippen LogP) is 0.909. The molecule has 5 nitrogen and oxygen atoms in total. The number of rotatable bonds is 5. The summed E-state index contributed by atoms with van der Waals surface area (Å²) < 4.78 is 0. The molecule has 2 N–H and O–H groups in total. The maximum absolute atomic E-state index is 11.5. The number of carbonyl (C=O) groups excluding carboxylic acids is 1. The number of likely N-dealkylation sites (N-methyl/N-ethyl adjacent to an activating group) is 1.